The van der Waals surface area contributed by atoms with Crippen molar-refractivity contribution < 1.29 is 14.3 Å². The lowest BCUT2D eigenvalue weighted by atomic mass is 10.0. The van der Waals surface area contributed by atoms with Gasteiger partial charge in [0.1, 0.15) is 5.82 Å². The minimum Gasteiger partial charge on any atom is -0.478 e. The minimum absolute atomic E-state index is 0.262. The summed E-state index contributed by atoms with van der Waals surface area (Å²) in [6.07, 6.45) is 0.262. The molecule has 0 fully saturated rings. The van der Waals surface area contributed by atoms with E-state index in [9.17, 15) is 9.18 Å². The lowest BCUT2D eigenvalue weighted by Crippen LogP contribution is -2.04. The Morgan fingerprint density at radius 1 is 1.05 bits per heavy atom. The van der Waals surface area contributed by atoms with Gasteiger partial charge >= 0.3 is 5.97 Å². The molecule has 3 aromatic rings. The van der Waals surface area contributed by atoms with Gasteiger partial charge < -0.3 is 5.11 Å². The summed E-state index contributed by atoms with van der Waals surface area (Å²) < 4.78 is 14.1. The maximum atomic E-state index is 14.1. The molecule has 0 aliphatic carbocycles. The number of carboxylic acid groups (broad SMARTS) is 1. The van der Waals surface area contributed by atoms with Gasteiger partial charge in [-0.25, -0.2) is 9.18 Å². The van der Waals surface area contributed by atoms with Crippen LogP contribution in [-0.4, -0.2) is 16.1 Å². The van der Waals surface area contributed by atoms with Gasteiger partial charge in [-0.3, -0.25) is 4.98 Å². The van der Waals surface area contributed by atoms with Gasteiger partial charge in [0.2, 0.25) is 0 Å². The first kappa shape index (κ1) is 13.2. The van der Waals surface area contributed by atoms with Crippen molar-refractivity contribution >= 4 is 16.9 Å². The number of hydrogen-bond acceptors (Lipinski definition) is 2. The molecule has 0 unspecified atom stereocenters. The van der Waals surface area contributed by atoms with Gasteiger partial charge in [-0.05, 0) is 23.8 Å². The van der Waals surface area contributed by atoms with Crippen molar-refractivity contribution in [1.29, 1.82) is 0 Å². The summed E-state index contributed by atoms with van der Waals surface area (Å²) in [5.74, 6) is -1.96. The van der Waals surface area contributed by atoms with Crippen LogP contribution >= 0.6 is 0 Å². The summed E-state index contributed by atoms with van der Waals surface area (Å²) >= 11 is 0. The molecule has 1 aromatic heterocycles. The molecule has 1 heterocycles. The van der Waals surface area contributed by atoms with E-state index in [1.54, 1.807) is 12.1 Å². The lowest BCUT2D eigenvalue weighted by Gasteiger charge is -2.06. The van der Waals surface area contributed by atoms with Gasteiger partial charge in [-0.1, -0.05) is 36.4 Å². The molecule has 4 heteroatoms. The number of carboxylic acids is 1. The van der Waals surface area contributed by atoms with Crippen LogP contribution in [0.3, 0.4) is 0 Å². The molecule has 21 heavy (non-hydrogen) atoms. The average molecular weight is 281 g/mol. The van der Waals surface area contributed by atoms with Crippen molar-refractivity contribution in [1.82, 2.24) is 4.98 Å². The first-order chi connectivity index (χ1) is 10.1. The quantitative estimate of drug-likeness (QED) is 0.797. The Morgan fingerprint density at radius 3 is 2.67 bits per heavy atom. The van der Waals surface area contributed by atoms with Crippen LogP contribution in [0, 0.1) is 5.82 Å². The van der Waals surface area contributed by atoms with Crippen LogP contribution in [0.15, 0.2) is 54.6 Å². The van der Waals surface area contributed by atoms with E-state index >= 15 is 0 Å². The lowest BCUT2D eigenvalue weighted by molar-refractivity contribution is 0.0691. The summed E-state index contributed by atoms with van der Waals surface area (Å²) in [7, 11) is 0. The number of nitrogens with zero attached hydrogens (tertiary/aromatic N) is 1. The zero-order valence-corrected chi connectivity index (χ0v) is 11.1. The Kier molecular flexibility index (Phi) is 3.36. The summed E-state index contributed by atoms with van der Waals surface area (Å²) in [5.41, 5.74) is 1.56. The molecule has 0 amide bonds. The molecule has 104 valence electrons. The zero-order valence-electron chi connectivity index (χ0n) is 11.1. The Morgan fingerprint density at radius 2 is 1.86 bits per heavy atom. The topological polar surface area (TPSA) is 50.2 Å². The summed E-state index contributed by atoms with van der Waals surface area (Å²) in [6.45, 7) is 0. The Labute approximate surface area is 120 Å². The van der Waals surface area contributed by atoms with Crippen LogP contribution in [-0.2, 0) is 6.42 Å². The van der Waals surface area contributed by atoms with E-state index in [2.05, 4.69) is 4.98 Å². The second-order valence-corrected chi connectivity index (χ2v) is 4.76. The molecular weight excluding hydrogens is 269 g/mol. The molecule has 3 rings (SSSR count). The number of aromatic nitrogens is 1. The highest BCUT2D eigenvalue weighted by Crippen LogP contribution is 2.18. The molecule has 0 aliphatic heterocycles. The predicted molar refractivity (Wildman–Crippen MR) is 77.9 cm³/mol. The van der Waals surface area contributed by atoms with E-state index in [0.29, 0.717) is 11.3 Å². The van der Waals surface area contributed by atoms with E-state index in [1.807, 2.05) is 36.4 Å². The van der Waals surface area contributed by atoms with Crippen molar-refractivity contribution in [3.63, 3.8) is 0 Å². The Balaban J connectivity index is 1.98. The highest BCUT2D eigenvalue weighted by atomic mass is 19.1. The SMILES string of the molecule is O=C(O)c1cccc(Cc2ccc3ccccc3n2)c1F. The molecule has 2 aromatic carbocycles. The summed E-state index contributed by atoms with van der Waals surface area (Å²) in [6, 6.07) is 15.8. The number of rotatable bonds is 3. The van der Waals surface area contributed by atoms with E-state index in [0.717, 1.165) is 10.9 Å². The highest BCUT2D eigenvalue weighted by molar-refractivity contribution is 5.88. The molecule has 3 nitrogen and oxygen atoms in total. The van der Waals surface area contributed by atoms with Crippen molar-refractivity contribution in [3.05, 3.63) is 77.2 Å². The molecule has 0 saturated carbocycles. The molecule has 1 N–H and O–H groups in total. The third kappa shape index (κ3) is 2.60. The standard InChI is InChI=1S/C17H12FNO2/c18-16-12(5-3-6-14(16)17(20)21)10-13-9-8-11-4-1-2-7-15(11)19-13/h1-9H,10H2,(H,20,21). The normalized spacial score (nSPS) is 10.7. The van der Waals surface area contributed by atoms with E-state index in [1.165, 1.54) is 6.07 Å². The number of hydrogen-bond donors (Lipinski definition) is 1. The summed E-state index contributed by atoms with van der Waals surface area (Å²) in [4.78, 5) is 15.4. The summed E-state index contributed by atoms with van der Waals surface area (Å²) in [5, 5.41) is 9.96. The van der Waals surface area contributed by atoms with Crippen molar-refractivity contribution in [3.8, 4) is 0 Å². The van der Waals surface area contributed by atoms with Crippen LogP contribution in [0.5, 0.6) is 0 Å². The number of carbonyl (C=O) groups is 1. The third-order valence-electron chi connectivity index (χ3n) is 3.34. The van der Waals surface area contributed by atoms with Crippen molar-refractivity contribution in [2.24, 2.45) is 0 Å². The fourth-order valence-electron chi connectivity index (χ4n) is 2.28. The maximum Gasteiger partial charge on any atom is 0.338 e. The van der Waals surface area contributed by atoms with Crippen molar-refractivity contribution in [2.45, 2.75) is 6.42 Å². The molecule has 0 spiro atoms. The monoisotopic (exact) mass is 281 g/mol. The van der Waals surface area contributed by atoms with Crippen molar-refractivity contribution in [2.75, 3.05) is 0 Å². The van der Waals surface area contributed by atoms with Crippen LogP contribution in [0.4, 0.5) is 4.39 Å². The minimum atomic E-state index is -1.26. The second kappa shape index (κ2) is 5.32. The number of pyridine rings is 1. The van der Waals surface area contributed by atoms with Crippen LogP contribution in [0.1, 0.15) is 21.6 Å². The van der Waals surface area contributed by atoms with Gasteiger partial charge in [-0.2, -0.15) is 0 Å². The Bertz CT molecular complexity index is 830. The molecule has 0 radical (unpaired) electrons. The fraction of sp³-hybridized carbons (Fsp3) is 0.0588. The number of para-hydroxylation sites is 1. The predicted octanol–water partition coefficient (Wildman–Crippen LogP) is 3.66. The second-order valence-electron chi connectivity index (χ2n) is 4.76. The number of aromatic carboxylic acids is 1. The average Bonchev–Trinajstić information content (AvgIpc) is 2.49. The Hall–Kier alpha value is -2.75. The first-order valence-electron chi connectivity index (χ1n) is 6.50. The van der Waals surface area contributed by atoms with E-state index < -0.39 is 11.8 Å². The van der Waals surface area contributed by atoms with Crippen LogP contribution < -0.4 is 0 Å². The van der Waals surface area contributed by atoms with Crippen LogP contribution in [0.2, 0.25) is 0 Å². The van der Waals surface area contributed by atoms with Gasteiger partial charge in [0.25, 0.3) is 0 Å². The highest BCUT2D eigenvalue weighted by Gasteiger charge is 2.14. The van der Waals surface area contributed by atoms with Crippen LogP contribution in [0.25, 0.3) is 10.9 Å². The largest absolute Gasteiger partial charge is 0.478 e. The number of halogens is 1. The van der Waals surface area contributed by atoms with Gasteiger partial charge in [0, 0.05) is 17.5 Å². The fourth-order valence-corrected chi connectivity index (χ4v) is 2.28. The molecule has 0 saturated heterocycles. The molecular formula is C17H12FNO2. The first-order valence-corrected chi connectivity index (χ1v) is 6.50. The molecule has 0 aliphatic rings. The smallest absolute Gasteiger partial charge is 0.338 e. The maximum absolute atomic E-state index is 14.1. The van der Waals surface area contributed by atoms with Gasteiger partial charge in [0.05, 0.1) is 11.1 Å². The van der Waals surface area contributed by atoms with E-state index in [4.69, 9.17) is 5.11 Å². The van der Waals surface area contributed by atoms with Gasteiger partial charge in [0.15, 0.2) is 0 Å². The van der Waals surface area contributed by atoms with Gasteiger partial charge in [-0.15, -0.1) is 0 Å². The van der Waals surface area contributed by atoms with E-state index in [-0.39, 0.29) is 12.0 Å². The number of benzene rings is 2. The zero-order chi connectivity index (χ0) is 14.8. The third-order valence-corrected chi connectivity index (χ3v) is 3.34. The molecule has 0 bridgehead atoms. The molecule has 0 atom stereocenters. The number of fused-ring (bicyclic) bond motifs is 1.